The first-order valence-electron chi connectivity index (χ1n) is 10.0. The molecule has 0 saturated carbocycles. The van der Waals surface area contributed by atoms with Gasteiger partial charge in [0.15, 0.2) is 5.69 Å². The van der Waals surface area contributed by atoms with E-state index >= 15 is 0 Å². The fourth-order valence-electron chi connectivity index (χ4n) is 3.77. The van der Waals surface area contributed by atoms with Crippen LogP contribution < -0.4 is 0 Å². The Kier molecular flexibility index (Phi) is 5.80. The number of unbranched alkanes of at least 4 members (excludes halogenated alkanes) is 2. The van der Waals surface area contributed by atoms with Gasteiger partial charge in [-0.2, -0.15) is 5.10 Å². The van der Waals surface area contributed by atoms with Crippen molar-refractivity contribution >= 4 is 5.91 Å². The van der Waals surface area contributed by atoms with Crippen molar-refractivity contribution in [3.63, 3.8) is 0 Å². The topological polar surface area (TPSA) is 38.1 Å². The number of hydrogen-bond acceptors (Lipinski definition) is 2. The highest BCUT2D eigenvalue weighted by molar-refractivity contribution is 5.94. The van der Waals surface area contributed by atoms with Crippen LogP contribution in [0.25, 0.3) is 5.69 Å². The van der Waals surface area contributed by atoms with Crippen molar-refractivity contribution in [2.24, 2.45) is 0 Å². The Morgan fingerprint density at radius 1 is 1.19 bits per heavy atom. The summed E-state index contributed by atoms with van der Waals surface area (Å²) in [5.41, 5.74) is 5.33. The Morgan fingerprint density at radius 3 is 2.58 bits per heavy atom. The smallest absolute Gasteiger partial charge is 0.274 e. The molecule has 1 heterocycles. The third-order valence-corrected chi connectivity index (χ3v) is 5.30. The Labute approximate surface area is 157 Å². The summed E-state index contributed by atoms with van der Waals surface area (Å²) in [5, 5.41) is 4.79. The summed E-state index contributed by atoms with van der Waals surface area (Å²) in [4.78, 5) is 15.3. The number of nitrogens with zero attached hydrogens (tertiary/aromatic N) is 3. The normalized spacial score (nSPS) is 13.3. The van der Waals surface area contributed by atoms with Crippen molar-refractivity contribution in [3.05, 3.63) is 46.8 Å². The zero-order valence-corrected chi connectivity index (χ0v) is 16.6. The molecule has 0 saturated heterocycles. The van der Waals surface area contributed by atoms with Crippen LogP contribution in [0.4, 0.5) is 0 Å². The second kappa shape index (κ2) is 8.07. The molecule has 0 N–H and O–H groups in total. The molecular weight excluding hydrogens is 322 g/mol. The van der Waals surface area contributed by atoms with Crippen molar-refractivity contribution in [2.45, 2.75) is 72.3 Å². The van der Waals surface area contributed by atoms with Crippen molar-refractivity contribution in [2.75, 3.05) is 6.54 Å². The quantitative estimate of drug-likeness (QED) is 0.676. The van der Waals surface area contributed by atoms with Gasteiger partial charge in [-0.05, 0) is 58.6 Å². The SMILES string of the molecule is CCCCCN(C(=O)c1nn(-c2ccc(C)cc2)c2c1CCC2)C(C)C. The van der Waals surface area contributed by atoms with E-state index in [4.69, 9.17) is 5.10 Å². The lowest BCUT2D eigenvalue weighted by Gasteiger charge is -2.26. The Hall–Kier alpha value is -2.10. The number of fused-ring (bicyclic) bond motifs is 1. The van der Waals surface area contributed by atoms with Crippen molar-refractivity contribution in [3.8, 4) is 5.69 Å². The van der Waals surface area contributed by atoms with E-state index in [0.717, 1.165) is 56.3 Å². The van der Waals surface area contributed by atoms with Crippen molar-refractivity contribution < 1.29 is 4.79 Å². The predicted molar refractivity (Wildman–Crippen MR) is 106 cm³/mol. The predicted octanol–water partition coefficient (Wildman–Crippen LogP) is 4.71. The zero-order valence-electron chi connectivity index (χ0n) is 16.6. The lowest BCUT2D eigenvalue weighted by Crippen LogP contribution is -2.38. The van der Waals surface area contributed by atoms with Gasteiger partial charge in [-0.1, -0.05) is 37.5 Å². The van der Waals surface area contributed by atoms with E-state index in [-0.39, 0.29) is 11.9 Å². The lowest BCUT2D eigenvalue weighted by atomic mass is 10.1. The van der Waals surface area contributed by atoms with E-state index in [2.05, 4.69) is 52.0 Å². The van der Waals surface area contributed by atoms with Gasteiger partial charge in [0.25, 0.3) is 5.91 Å². The summed E-state index contributed by atoms with van der Waals surface area (Å²) in [5.74, 6) is 0.0973. The third-order valence-electron chi connectivity index (χ3n) is 5.30. The van der Waals surface area contributed by atoms with E-state index in [9.17, 15) is 4.79 Å². The minimum atomic E-state index is 0.0973. The van der Waals surface area contributed by atoms with Gasteiger partial charge >= 0.3 is 0 Å². The molecule has 0 aliphatic heterocycles. The van der Waals surface area contributed by atoms with E-state index in [1.54, 1.807) is 0 Å². The van der Waals surface area contributed by atoms with Gasteiger partial charge in [0.1, 0.15) is 0 Å². The maximum absolute atomic E-state index is 13.3. The van der Waals surface area contributed by atoms with Crippen LogP contribution in [0.15, 0.2) is 24.3 Å². The summed E-state index contributed by atoms with van der Waals surface area (Å²) in [6.07, 6.45) is 6.45. The molecule has 0 unspecified atom stereocenters. The largest absolute Gasteiger partial charge is 0.335 e. The third kappa shape index (κ3) is 3.69. The summed E-state index contributed by atoms with van der Waals surface area (Å²) < 4.78 is 2.00. The zero-order chi connectivity index (χ0) is 18.7. The molecule has 0 spiro atoms. The van der Waals surface area contributed by atoms with Gasteiger partial charge in [-0.3, -0.25) is 4.79 Å². The lowest BCUT2D eigenvalue weighted by molar-refractivity contribution is 0.0694. The first-order chi connectivity index (χ1) is 12.5. The van der Waals surface area contributed by atoms with Gasteiger partial charge in [-0.15, -0.1) is 0 Å². The molecule has 1 aliphatic carbocycles. The molecule has 0 atom stereocenters. The molecule has 2 aromatic rings. The van der Waals surface area contributed by atoms with Gasteiger partial charge in [0.05, 0.1) is 5.69 Å². The number of aromatic nitrogens is 2. The Bertz CT molecular complexity index is 758. The fourth-order valence-corrected chi connectivity index (χ4v) is 3.77. The maximum Gasteiger partial charge on any atom is 0.274 e. The molecule has 0 fully saturated rings. The van der Waals surface area contributed by atoms with Crippen LogP contribution in [0, 0.1) is 6.92 Å². The molecule has 4 nitrogen and oxygen atoms in total. The summed E-state index contributed by atoms with van der Waals surface area (Å²) in [6, 6.07) is 8.59. The van der Waals surface area contributed by atoms with E-state index < -0.39 is 0 Å². The molecule has 3 rings (SSSR count). The van der Waals surface area contributed by atoms with E-state index in [0.29, 0.717) is 5.69 Å². The average Bonchev–Trinajstić information content (AvgIpc) is 3.21. The number of amides is 1. The average molecular weight is 354 g/mol. The molecule has 1 aliphatic rings. The van der Waals surface area contributed by atoms with Crippen molar-refractivity contribution in [1.82, 2.24) is 14.7 Å². The number of aryl methyl sites for hydroxylation is 1. The molecule has 140 valence electrons. The van der Waals surface area contributed by atoms with Crippen LogP contribution in [0.2, 0.25) is 0 Å². The minimum Gasteiger partial charge on any atom is -0.335 e. The fraction of sp³-hybridized carbons (Fsp3) is 0.545. The van der Waals surface area contributed by atoms with Gasteiger partial charge < -0.3 is 4.90 Å². The van der Waals surface area contributed by atoms with Crippen LogP contribution in [0.1, 0.15) is 73.8 Å². The maximum atomic E-state index is 13.3. The molecule has 0 radical (unpaired) electrons. The molecule has 1 amide bonds. The first kappa shape index (κ1) is 18.7. The van der Waals surface area contributed by atoms with E-state index in [1.165, 1.54) is 11.3 Å². The molecule has 4 heteroatoms. The molecule has 0 bridgehead atoms. The van der Waals surface area contributed by atoms with E-state index in [1.807, 2.05) is 9.58 Å². The first-order valence-corrected chi connectivity index (χ1v) is 10.0. The highest BCUT2D eigenvalue weighted by atomic mass is 16.2. The summed E-state index contributed by atoms with van der Waals surface area (Å²) >= 11 is 0. The second-order valence-electron chi connectivity index (χ2n) is 7.67. The summed E-state index contributed by atoms with van der Waals surface area (Å²) in [7, 11) is 0. The molecule has 1 aromatic heterocycles. The van der Waals surface area contributed by atoms with Crippen LogP contribution in [-0.2, 0) is 12.8 Å². The number of hydrogen-bond donors (Lipinski definition) is 0. The van der Waals surface area contributed by atoms with Crippen LogP contribution >= 0.6 is 0 Å². The van der Waals surface area contributed by atoms with Crippen molar-refractivity contribution in [1.29, 1.82) is 0 Å². The number of carbonyl (C=O) groups is 1. The Balaban J connectivity index is 1.93. The van der Waals surface area contributed by atoms with Gasteiger partial charge in [-0.25, -0.2) is 4.68 Å². The second-order valence-corrected chi connectivity index (χ2v) is 7.67. The number of carbonyl (C=O) groups excluding carboxylic acids is 1. The van der Waals surface area contributed by atoms with Crippen LogP contribution in [0.5, 0.6) is 0 Å². The Morgan fingerprint density at radius 2 is 1.92 bits per heavy atom. The highest BCUT2D eigenvalue weighted by Crippen LogP contribution is 2.29. The van der Waals surface area contributed by atoms with Crippen LogP contribution in [-0.4, -0.2) is 33.2 Å². The minimum absolute atomic E-state index is 0.0973. The summed E-state index contributed by atoms with van der Waals surface area (Å²) in [6.45, 7) is 9.29. The van der Waals surface area contributed by atoms with Gasteiger partial charge in [0.2, 0.25) is 0 Å². The van der Waals surface area contributed by atoms with Gasteiger partial charge in [0, 0.05) is 23.8 Å². The molecule has 26 heavy (non-hydrogen) atoms. The standard InChI is InChI=1S/C22H31N3O/c1-5-6-7-15-24(16(2)3)22(26)21-19-9-8-10-20(19)25(23-21)18-13-11-17(4)12-14-18/h11-14,16H,5-10,15H2,1-4H3. The molecular formula is C22H31N3O. The molecule has 1 aromatic carbocycles. The highest BCUT2D eigenvalue weighted by Gasteiger charge is 2.30. The van der Waals surface area contributed by atoms with Crippen LogP contribution in [0.3, 0.4) is 0 Å². The number of rotatable bonds is 7. The number of benzene rings is 1. The monoisotopic (exact) mass is 353 g/mol.